The Morgan fingerprint density at radius 2 is 2.31 bits per heavy atom. The highest BCUT2D eigenvalue weighted by atomic mass is 19.1. The van der Waals surface area contributed by atoms with Gasteiger partial charge in [0.1, 0.15) is 6.17 Å². The number of hydrogen-bond donors (Lipinski definition) is 1. The summed E-state index contributed by atoms with van der Waals surface area (Å²) in [6.07, 6.45) is -0.687. The van der Waals surface area contributed by atoms with E-state index in [9.17, 15) is 13.6 Å². The van der Waals surface area contributed by atoms with E-state index >= 15 is 0 Å². The summed E-state index contributed by atoms with van der Waals surface area (Å²) in [5, 5.41) is 8.72. The molecule has 4 nitrogen and oxygen atoms in total. The molecule has 2 heterocycles. The molecule has 86 valence electrons. The van der Waals surface area contributed by atoms with Gasteiger partial charge in [-0.25, -0.2) is 18.6 Å². The number of carboxylic acids is 1. The summed E-state index contributed by atoms with van der Waals surface area (Å²) in [7, 11) is 0. The summed E-state index contributed by atoms with van der Waals surface area (Å²) < 4.78 is 26.3. The highest BCUT2D eigenvalue weighted by molar-refractivity contribution is 5.85. The van der Waals surface area contributed by atoms with Gasteiger partial charge in [-0.05, 0) is 18.6 Å². The fraction of sp³-hybridized carbons (Fsp3) is 0.400. The third-order valence-corrected chi connectivity index (χ3v) is 2.48. The van der Waals surface area contributed by atoms with Crippen LogP contribution in [0.5, 0.6) is 0 Å². The normalized spacial score (nSPS) is 20.1. The van der Waals surface area contributed by atoms with Gasteiger partial charge < -0.3 is 10.0 Å². The SMILES string of the molecule is O=C(O)c1ccc(F)c(N2CC[C@H](F)C2)n1. The Hall–Kier alpha value is -1.72. The van der Waals surface area contributed by atoms with Gasteiger partial charge in [-0.1, -0.05) is 0 Å². The van der Waals surface area contributed by atoms with Gasteiger partial charge in [0.2, 0.25) is 0 Å². The number of rotatable bonds is 2. The zero-order valence-corrected chi connectivity index (χ0v) is 8.36. The third-order valence-electron chi connectivity index (χ3n) is 2.48. The summed E-state index contributed by atoms with van der Waals surface area (Å²) in [5.41, 5.74) is -0.237. The standard InChI is InChI=1S/C10H10F2N2O2/c11-6-3-4-14(5-6)9-7(12)1-2-8(13-9)10(15)16/h1-2,6H,3-5H2,(H,15,16)/t6-/m0/s1. The molecule has 0 spiro atoms. The number of alkyl halides is 1. The van der Waals surface area contributed by atoms with E-state index < -0.39 is 18.0 Å². The highest BCUT2D eigenvalue weighted by Gasteiger charge is 2.25. The Morgan fingerprint density at radius 1 is 1.56 bits per heavy atom. The molecule has 1 aliphatic heterocycles. The fourth-order valence-electron chi connectivity index (χ4n) is 1.68. The van der Waals surface area contributed by atoms with E-state index in [0.29, 0.717) is 13.0 Å². The Kier molecular flexibility index (Phi) is 2.72. The number of aromatic nitrogens is 1. The van der Waals surface area contributed by atoms with E-state index in [4.69, 9.17) is 5.11 Å². The van der Waals surface area contributed by atoms with Crippen LogP contribution < -0.4 is 4.90 Å². The molecular formula is C10H10F2N2O2. The van der Waals surface area contributed by atoms with Crippen molar-refractivity contribution < 1.29 is 18.7 Å². The Balaban J connectivity index is 2.32. The van der Waals surface area contributed by atoms with Gasteiger partial charge in [-0.2, -0.15) is 0 Å². The molecule has 1 atom stereocenters. The van der Waals surface area contributed by atoms with Crippen molar-refractivity contribution in [3.05, 3.63) is 23.6 Å². The molecule has 1 fully saturated rings. The number of halogens is 2. The summed E-state index contributed by atoms with van der Waals surface area (Å²) in [6, 6.07) is 2.13. The number of anilines is 1. The first-order valence-corrected chi connectivity index (χ1v) is 4.87. The van der Waals surface area contributed by atoms with Gasteiger partial charge in [0, 0.05) is 6.54 Å². The summed E-state index contributed by atoms with van der Waals surface area (Å²) in [4.78, 5) is 15.8. The van der Waals surface area contributed by atoms with Crippen molar-refractivity contribution in [2.24, 2.45) is 0 Å². The van der Waals surface area contributed by atoms with Crippen LogP contribution in [0.1, 0.15) is 16.9 Å². The largest absolute Gasteiger partial charge is 0.477 e. The van der Waals surface area contributed by atoms with E-state index in [-0.39, 0.29) is 18.1 Å². The van der Waals surface area contributed by atoms with E-state index in [1.54, 1.807) is 0 Å². The van der Waals surface area contributed by atoms with Crippen molar-refractivity contribution in [2.75, 3.05) is 18.0 Å². The minimum absolute atomic E-state index is 0.0625. The van der Waals surface area contributed by atoms with Gasteiger partial charge in [0.05, 0.1) is 6.54 Å². The lowest BCUT2D eigenvalue weighted by Crippen LogP contribution is -2.23. The van der Waals surface area contributed by atoms with E-state index in [0.717, 1.165) is 12.1 Å². The molecule has 0 unspecified atom stereocenters. The smallest absolute Gasteiger partial charge is 0.354 e. The van der Waals surface area contributed by atoms with E-state index in [2.05, 4.69) is 4.98 Å². The monoisotopic (exact) mass is 228 g/mol. The second-order valence-corrected chi connectivity index (χ2v) is 3.64. The number of nitrogens with zero attached hydrogens (tertiary/aromatic N) is 2. The zero-order valence-electron chi connectivity index (χ0n) is 8.36. The minimum Gasteiger partial charge on any atom is -0.477 e. The van der Waals surface area contributed by atoms with Crippen molar-refractivity contribution in [2.45, 2.75) is 12.6 Å². The molecule has 1 aromatic heterocycles. The number of carboxylic acid groups (broad SMARTS) is 1. The molecule has 2 rings (SSSR count). The topological polar surface area (TPSA) is 53.4 Å². The number of pyridine rings is 1. The molecule has 16 heavy (non-hydrogen) atoms. The van der Waals surface area contributed by atoms with Crippen molar-refractivity contribution >= 4 is 11.8 Å². The maximum absolute atomic E-state index is 13.4. The van der Waals surface area contributed by atoms with Crippen LogP contribution in [0.15, 0.2) is 12.1 Å². The molecule has 1 aromatic rings. The van der Waals surface area contributed by atoms with Crippen LogP contribution in [0, 0.1) is 5.82 Å². The molecule has 0 aromatic carbocycles. The Labute approximate surface area is 90.5 Å². The molecule has 1 N–H and O–H groups in total. The average molecular weight is 228 g/mol. The molecule has 1 saturated heterocycles. The lowest BCUT2D eigenvalue weighted by molar-refractivity contribution is 0.0690. The van der Waals surface area contributed by atoms with Crippen molar-refractivity contribution in [3.8, 4) is 0 Å². The van der Waals surface area contributed by atoms with Gasteiger partial charge in [0.15, 0.2) is 17.3 Å². The zero-order chi connectivity index (χ0) is 11.7. The molecule has 0 radical (unpaired) electrons. The number of hydrogen-bond acceptors (Lipinski definition) is 3. The second-order valence-electron chi connectivity index (χ2n) is 3.64. The van der Waals surface area contributed by atoms with Crippen LogP contribution in [0.25, 0.3) is 0 Å². The van der Waals surface area contributed by atoms with Crippen molar-refractivity contribution in [3.63, 3.8) is 0 Å². The fourth-order valence-corrected chi connectivity index (χ4v) is 1.68. The number of carbonyl (C=O) groups is 1. The van der Waals surface area contributed by atoms with Crippen LogP contribution in [0.2, 0.25) is 0 Å². The molecule has 6 heteroatoms. The van der Waals surface area contributed by atoms with Gasteiger partial charge in [-0.15, -0.1) is 0 Å². The average Bonchev–Trinajstić information content (AvgIpc) is 2.65. The Bertz CT molecular complexity index is 425. The summed E-state index contributed by atoms with van der Waals surface area (Å²) in [5.74, 6) is -1.93. The molecule has 0 amide bonds. The highest BCUT2D eigenvalue weighted by Crippen LogP contribution is 2.23. The van der Waals surface area contributed by atoms with Crippen LogP contribution >= 0.6 is 0 Å². The van der Waals surface area contributed by atoms with Gasteiger partial charge in [0.25, 0.3) is 0 Å². The molecular weight excluding hydrogens is 218 g/mol. The molecule has 0 bridgehead atoms. The summed E-state index contributed by atoms with van der Waals surface area (Å²) >= 11 is 0. The molecule has 0 aliphatic carbocycles. The predicted molar refractivity (Wildman–Crippen MR) is 52.9 cm³/mol. The predicted octanol–water partition coefficient (Wildman–Crippen LogP) is 1.47. The van der Waals surface area contributed by atoms with E-state index in [1.165, 1.54) is 4.90 Å². The summed E-state index contributed by atoms with van der Waals surface area (Å²) in [6.45, 7) is 0.418. The third kappa shape index (κ3) is 1.95. The maximum Gasteiger partial charge on any atom is 0.354 e. The van der Waals surface area contributed by atoms with Crippen LogP contribution in [-0.4, -0.2) is 35.3 Å². The van der Waals surface area contributed by atoms with E-state index in [1.807, 2.05) is 0 Å². The second kappa shape index (κ2) is 4.03. The lowest BCUT2D eigenvalue weighted by atomic mass is 10.3. The maximum atomic E-state index is 13.4. The lowest BCUT2D eigenvalue weighted by Gasteiger charge is -2.16. The van der Waals surface area contributed by atoms with Crippen LogP contribution in [0.3, 0.4) is 0 Å². The molecule has 1 aliphatic rings. The van der Waals surface area contributed by atoms with Crippen molar-refractivity contribution in [1.29, 1.82) is 0 Å². The quantitative estimate of drug-likeness (QED) is 0.832. The Morgan fingerprint density at radius 3 is 2.88 bits per heavy atom. The van der Waals surface area contributed by atoms with Gasteiger partial charge >= 0.3 is 5.97 Å². The number of aromatic carboxylic acids is 1. The molecule has 0 saturated carbocycles. The first kappa shape index (κ1) is 10.8. The van der Waals surface area contributed by atoms with Gasteiger partial charge in [-0.3, -0.25) is 0 Å². The van der Waals surface area contributed by atoms with Crippen LogP contribution in [-0.2, 0) is 0 Å². The minimum atomic E-state index is -1.22. The van der Waals surface area contributed by atoms with Crippen molar-refractivity contribution in [1.82, 2.24) is 4.98 Å². The van der Waals surface area contributed by atoms with Crippen LogP contribution in [0.4, 0.5) is 14.6 Å². The first-order chi connectivity index (χ1) is 7.58. The first-order valence-electron chi connectivity index (χ1n) is 4.87.